The molecule has 2 atom stereocenters. The molecular formula is C18H25NO5. The zero-order chi connectivity index (χ0) is 18.1. The number of fused-ring (bicyclic) bond motifs is 1. The number of carbonyl (C=O) groups excluding carboxylic acids is 1. The maximum absolute atomic E-state index is 11.5. The number of esters is 1. The lowest BCUT2D eigenvalue weighted by Gasteiger charge is -2.06. The first kappa shape index (κ1) is 19.7. The molecule has 24 heavy (non-hydrogen) atoms. The molecule has 6 heteroatoms. The first-order chi connectivity index (χ1) is 11.4. The number of nitrogens with zero attached hydrogens (tertiary/aromatic N) is 1. The predicted molar refractivity (Wildman–Crippen MR) is 90.4 cm³/mol. The molecule has 0 amide bonds. The van der Waals surface area contributed by atoms with Gasteiger partial charge in [0.25, 0.3) is 0 Å². The minimum absolute atomic E-state index is 0.0839. The fourth-order valence-corrected chi connectivity index (χ4v) is 1.60. The molecular weight excluding hydrogens is 310 g/mol. The van der Waals surface area contributed by atoms with Gasteiger partial charge in [-0.2, -0.15) is 0 Å². The monoisotopic (exact) mass is 335 g/mol. The third-order valence-corrected chi connectivity index (χ3v) is 3.72. The van der Waals surface area contributed by atoms with Gasteiger partial charge in [0.05, 0.1) is 11.8 Å². The Hall–Kier alpha value is -2.37. The van der Waals surface area contributed by atoms with E-state index >= 15 is 0 Å². The van der Waals surface area contributed by atoms with Crippen LogP contribution in [0.5, 0.6) is 0 Å². The van der Waals surface area contributed by atoms with Gasteiger partial charge in [0, 0.05) is 0 Å². The Balaban J connectivity index is 0.000000351. The third kappa shape index (κ3) is 6.02. The molecule has 2 rings (SSSR count). The lowest BCUT2D eigenvalue weighted by Crippen LogP contribution is -2.13. The van der Waals surface area contributed by atoms with Crippen LogP contribution >= 0.6 is 0 Å². The summed E-state index contributed by atoms with van der Waals surface area (Å²) in [5, 5.41) is 8.18. The molecule has 1 N–H and O–H groups in total. The minimum atomic E-state index is -0.706. The van der Waals surface area contributed by atoms with Gasteiger partial charge in [-0.3, -0.25) is 9.59 Å². The summed E-state index contributed by atoms with van der Waals surface area (Å²) in [5.74, 6) is -0.750. The van der Waals surface area contributed by atoms with Crippen LogP contribution in [0.25, 0.3) is 11.1 Å². The zero-order valence-corrected chi connectivity index (χ0v) is 14.6. The Morgan fingerprint density at radius 3 is 2.29 bits per heavy atom. The van der Waals surface area contributed by atoms with Crippen LogP contribution in [-0.4, -0.2) is 22.0 Å². The average Bonchev–Trinajstić information content (AvgIpc) is 3.01. The van der Waals surface area contributed by atoms with E-state index in [0.29, 0.717) is 11.5 Å². The Labute approximate surface area is 141 Å². The van der Waals surface area contributed by atoms with E-state index in [2.05, 4.69) is 4.98 Å². The van der Waals surface area contributed by atoms with Crippen molar-refractivity contribution >= 4 is 23.0 Å². The molecule has 0 aliphatic carbocycles. The summed E-state index contributed by atoms with van der Waals surface area (Å²) in [6.45, 7) is 7.44. The maximum atomic E-state index is 11.5. The largest absolute Gasteiger partial charge is 0.481 e. The smallest absolute Gasteiger partial charge is 0.309 e. The molecule has 0 saturated carbocycles. The van der Waals surface area contributed by atoms with Crippen molar-refractivity contribution in [2.75, 3.05) is 0 Å². The second kappa shape index (κ2) is 9.70. The number of aliphatic carboxylic acids is 1. The molecule has 1 aromatic carbocycles. The van der Waals surface area contributed by atoms with Gasteiger partial charge in [0.2, 0.25) is 5.89 Å². The van der Waals surface area contributed by atoms with Crippen molar-refractivity contribution in [2.45, 2.75) is 47.1 Å². The molecule has 0 aliphatic rings. The number of carboxylic acids is 1. The van der Waals surface area contributed by atoms with E-state index in [4.69, 9.17) is 14.3 Å². The number of hydrogen-bond donors (Lipinski definition) is 1. The van der Waals surface area contributed by atoms with E-state index < -0.39 is 5.97 Å². The van der Waals surface area contributed by atoms with Crippen molar-refractivity contribution in [1.82, 2.24) is 4.98 Å². The minimum Gasteiger partial charge on any atom is -0.481 e. The quantitative estimate of drug-likeness (QED) is 0.801. The van der Waals surface area contributed by atoms with Crippen molar-refractivity contribution in [3.63, 3.8) is 0 Å². The molecule has 0 bridgehead atoms. The summed E-state index contributed by atoms with van der Waals surface area (Å²) in [6, 6.07) is 7.46. The summed E-state index contributed by atoms with van der Waals surface area (Å²) < 4.78 is 10.6. The van der Waals surface area contributed by atoms with Gasteiger partial charge in [-0.15, -0.1) is 0 Å². The number of hydrogen-bond acceptors (Lipinski definition) is 5. The van der Waals surface area contributed by atoms with Crippen LogP contribution < -0.4 is 0 Å². The molecule has 1 heterocycles. The number of carbonyl (C=O) groups is 2. The summed E-state index contributed by atoms with van der Waals surface area (Å²) in [7, 11) is 0. The van der Waals surface area contributed by atoms with Crippen molar-refractivity contribution < 1.29 is 23.8 Å². The van der Waals surface area contributed by atoms with Crippen molar-refractivity contribution in [3.8, 4) is 0 Å². The topological polar surface area (TPSA) is 89.6 Å². The summed E-state index contributed by atoms with van der Waals surface area (Å²) in [5.41, 5.74) is 1.49. The number of benzene rings is 1. The second-order valence-corrected chi connectivity index (χ2v) is 5.64. The van der Waals surface area contributed by atoms with Crippen molar-refractivity contribution in [3.05, 3.63) is 30.2 Å². The van der Waals surface area contributed by atoms with Crippen LogP contribution in [0, 0.1) is 11.8 Å². The zero-order valence-electron chi connectivity index (χ0n) is 14.6. The SMILES string of the molecule is CCC(C)C(=O)O.CCC(C)C(=O)OCc1nc2ccccc2o1. The number of carboxylic acid groups (broad SMARTS) is 1. The van der Waals surface area contributed by atoms with Crippen LogP contribution in [0.1, 0.15) is 46.4 Å². The van der Waals surface area contributed by atoms with E-state index in [9.17, 15) is 9.59 Å². The molecule has 0 fully saturated rings. The van der Waals surface area contributed by atoms with Gasteiger partial charge in [-0.25, -0.2) is 4.98 Å². The molecule has 0 spiro atoms. The van der Waals surface area contributed by atoms with Crippen LogP contribution in [0.15, 0.2) is 28.7 Å². The van der Waals surface area contributed by atoms with E-state index in [1.807, 2.05) is 45.0 Å². The highest BCUT2D eigenvalue weighted by Crippen LogP contribution is 2.15. The van der Waals surface area contributed by atoms with E-state index in [1.54, 1.807) is 6.92 Å². The predicted octanol–water partition coefficient (Wildman–Crippen LogP) is 4.03. The molecule has 2 aromatic rings. The van der Waals surface area contributed by atoms with Crippen LogP contribution in [0.4, 0.5) is 0 Å². The third-order valence-electron chi connectivity index (χ3n) is 3.72. The molecule has 6 nitrogen and oxygen atoms in total. The van der Waals surface area contributed by atoms with Crippen LogP contribution in [-0.2, 0) is 20.9 Å². The van der Waals surface area contributed by atoms with Gasteiger partial charge in [0.1, 0.15) is 5.52 Å². The average molecular weight is 335 g/mol. The summed E-state index contributed by atoms with van der Waals surface area (Å²) in [6.07, 6.45) is 1.49. The van der Waals surface area contributed by atoms with Gasteiger partial charge in [-0.1, -0.05) is 39.8 Å². The molecule has 2 unspecified atom stereocenters. The summed E-state index contributed by atoms with van der Waals surface area (Å²) in [4.78, 5) is 25.6. The highest BCUT2D eigenvalue weighted by Gasteiger charge is 2.13. The Kier molecular flexibility index (Phi) is 7.95. The van der Waals surface area contributed by atoms with E-state index in [0.717, 1.165) is 18.4 Å². The Morgan fingerprint density at radius 2 is 1.79 bits per heavy atom. The van der Waals surface area contributed by atoms with Gasteiger partial charge < -0.3 is 14.3 Å². The number of aromatic nitrogens is 1. The van der Waals surface area contributed by atoms with Crippen LogP contribution in [0.3, 0.4) is 0 Å². The molecule has 0 radical (unpaired) electrons. The van der Waals surface area contributed by atoms with Gasteiger partial charge in [-0.05, 0) is 25.0 Å². The Bertz CT molecular complexity index is 631. The highest BCUT2D eigenvalue weighted by molar-refractivity contribution is 5.73. The van der Waals surface area contributed by atoms with Gasteiger partial charge in [0.15, 0.2) is 12.2 Å². The fourth-order valence-electron chi connectivity index (χ4n) is 1.60. The lowest BCUT2D eigenvalue weighted by atomic mass is 10.1. The maximum Gasteiger partial charge on any atom is 0.309 e. The molecule has 132 valence electrons. The highest BCUT2D eigenvalue weighted by atomic mass is 16.5. The number of rotatable bonds is 6. The van der Waals surface area contributed by atoms with Crippen molar-refractivity contribution in [1.29, 1.82) is 0 Å². The second-order valence-electron chi connectivity index (χ2n) is 5.64. The first-order valence-corrected chi connectivity index (χ1v) is 8.12. The molecule has 0 aliphatic heterocycles. The fraction of sp³-hybridized carbons (Fsp3) is 0.500. The number of para-hydroxylation sites is 2. The van der Waals surface area contributed by atoms with Gasteiger partial charge >= 0.3 is 11.9 Å². The van der Waals surface area contributed by atoms with Crippen molar-refractivity contribution in [2.24, 2.45) is 11.8 Å². The lowest BCUT2D eigenvalue weighted by molar-refractivity contribution is -0.150. The molecule has 1 aromatic heterocycles. The normalized spacial score (nSPS) is 12.8. The number of ether oxygens (including phenoxy) is 1. The molecule has 0 saturated heterocycles. The summed E-state index contributed by atoms with van der Waals surface area (Å²) >= 11 is 0. The first-order valence-electron chi connectivity index (χ1n) is 8.12. The van der Waals surface area contributed by atoms with E-state index in [1.165, 1.54) is 0 Å². The number of oxazole rings is 1. The standard InChI is InChI=1S/C13H15NO3.C5H10O2/c1-3-9(2)13(15)16-8-12-14-10-6-4-5-7-11(10)17-12;1-3-4(2)5(6)7/h4-7,9H,3,8H2,1-2H3;4H,3H2,1-2H3,(H,6,7). The van der Waals surface area contributed by atoms with E-state index in [-0.39, 0.29) is 24.4 Å². The Morgan fingerprint density at radius 1 is 1.17 bits per heavy atom. The van der Waals surface area contributed by atoms with Crippen LogP contribution in [0.2, 0.25) is 0 Å².